The van der Waals surface area contributed by atoms with Gasteiger partial charge in [0, 0.05) is 72.8 Å². The van der Waals surface area contributed by atoms with E-state index in [1.165, 1.54) is 49.2 Å². The van der Waals surface area contributed by atoms with Crippen molar-refractivity contribution in [3.63, 3.8) is 0 Å². The van der Waals surface area contributed by atoms with Gasteiger partial charge in [0.2, 0.25) is 11.8 Å². The number of hydrogen-bond acceptors (Lipinski definition) is 4. The van der Waals surface area contributed by atoms with Crippen LogP contribution in [0, 0.1) is 0 Å². The van der Waals surface area contributed by atoms with Crippen molar-refractivity contribution in [2.75, 3.05) is 0 Å². The van der Waals surface area contributed by atoms with Crippen LogP contribution in [0.2, 0.25) is 0 Å². The van der Waals surface area contributed by atoms with Crippen molar-refractivity contribution in [3.8, 4) is 44.8 Å². The van der Waals surface area contributed by atoms with E-state index in [2.05, 4.69) is 277 Å². The van der Waals surface area contributed by atoms with Gasteiger partial charge >= 0.3 is 7.12 Å². The number of carbonyl (C=O) groups excluding carboxylic acids is 2. The van der Waals surface area contributed by atoms with Crippen LogP contribution in [0.25, 0.3) is 132 Å². The predicted molar refractivity (Wildman–Crippen MR) is 386 cm³/mol. The number of nitrogens with zero attached hydrogens (tertiary/aromatic N) is 4. The molecule has 0 N–H and O–H groups in total. The average Bonchev–Trinajstić information content (AvgIpc) is 1.64. The van der Waals surface area contributed by atoms with Crippen LogP contribution < -0.4 is 5.46 Å². The van der Waals surface area contributed by atoms with E-state index in [1.54, 1.807) is 18.4 Å². The maximum absolute atomic E-state index is 12.5. The lowest BCUT2D eigenvalue weighted by Crippen LogP contribution is -2.41. The Morgan fingerprint density at radius 3 is 1.04 bits per heavy atom. The molecule has 17 rings (SSSR count). The molecule has 0 atom stereocenters. The van der Waals surface area contributed by atoms with E-state index in [4.69, 9.17) is 9.31 Å². The molecule has 0 bridgehead atoms. The molecule has 1 aliphatic heterocycles. The van der Waals surface area contributed by atoms with Crippen LogP contribution in [0.4, 0.5) is 0 Å². The number of rotatable bonds is 6. The Kier molecular flexibility index (Phi) is 14.6. The Balaban J connectivity index is 0.000000120. The molecule has 446 valence electrons. The molecule has 5 heterocycles. The van der Waals surface area contributed by atoms with Crippen LogP contribution in [-0.4, -0.2) is 48.4 Å². The van der Waals surface area contributed by atoms with Crippen LogP contribution in [0.3, 0.4) is 0 Å². The van der Waals surface area contributed by atoms with Crippen LogP contribution in [0.1, 0.15) is 51.1 Å². The van der Waals surface area contributed by atoms with E-state index in [0.717, 1.165) is 92.7 Å². The number of fused-ring (bicyclic) bond motifs is 12. The number of aromatic nitrogens is 4. The van der Waals surface area contributed by atoms with Crippen LogP contribution in [-0.2, 0) is 9.31 Å². The van der Waals surface area contributed by atoms with Gasteiger partial charge in [-0.3, -0.25) is 18.7 Å². The molecular weight excluding hydrogens is 1200 g/mol. The summed E-state index contributed by atoms with van der Waals surface area (Å²) in [5, 5.41) is 9.44. The zero-order valence-electron chi connectivity index (χ0n) is 51.9. The van der Waals surface area contributed by atoms with E-state index in [-0.39, 0.29) is 30.1 Å². The van der Waals surface area contributed by atoms with Gasteiger partial charge in [-0.05, 0) is 170 Å². The third-order valence-corrected chi connectivity index (χ3v) is 19.1. The van der Waals surface area contributed by atoms with Crippen molar-refractivity contribution in [2.45, 2.75) is 52.7 Å². The van der Waals surface area contributed by atoms with Crippen molar-refractivity contribution in [1.82, 2.24) is 18.3 Å². The summed E-state index contributed by atoms with van der Waals surface area (Å²) >= 11 is 3.52. The van der Waals surface area contributed by atoms with Gasteiger partial charge < -0.3 is 18.4 Å². The first-order valence-electron chi connectivity index (χ1n) is 31.2. The van der Waals surface area contributed by atoms with Crippen LogP contribution in [0.5, 0.6) is 0 Å². The normalized spacial score (nSPS) is 13.5. The summed E-state index contributed by atoms with van der Waals surface area (Å²) in [6.07, 6.45) is 0. The van der Waals surface area contributed by atoms with Gasteiger partial charge in [-0.1, -0.05) is 192 Å². The Morgan fingerprint density at radius 2 is 0.630 bits per heavy atom. The van der Waals surface area contributed by atoms with E-state index in [9.17, 15) is 9.59 Å². The van der Waals surface area contributed by atoms with Crippen molar-refractivity contribution in [3.05, 3.63) is 284 Å². The Morgan fingerprint density at radius 1 is 0.315 bits per heavy atom. The van der Waals surface area contributed by atoms with Gasteiger partial charge in [-0.2, -0.15) is 0 Å². The third kappa shape index (κ3) is 10.1. The monoisotopic (exact) mass is 1260 g/mol. The topological polar surface area (TPSA) is 72.3 Å². The van der Waals surface area contributed by atoms with Crippen molar-refractivity contribution >= 4 is 128 Å². The van der Waals surface area contributed by atoms with Gasteiger partial charge in [-0.25, -0.2) is 0 Å². The van der Waals surface area contributed by atoms with Gasteiger partial charge in [-0.15, -0.1) is 0 Å². The summed E-state index contributed by atoms with van der Waals surface area (Å²) in [7, 11) is -0.363. The fraction of sp³-hybridized carbons (Fsp3) is 0.0976. The Labute approximate surface area is 542 Å². The molecule has 12 aromatic carbocycles. The smallest absolute Gasteiger partial charge is 0.399 e. The highest BCUT2D eigenvalue weighted by Gasteiger charge is 2.51. The third-order valence-electron chi connectivity index (χ3n) is 18.6. The predicted octanol–water partition coefficient (Wildman–Crippen LogP) is 20.9. The molecule has 0 unspecified atom stereocenters. The maximum Gasteiger partial charge on any atom is 0.494 e. The van der Waals surface area contributed by atoms with E-state index >= 15 is 0 Å². The first-order chi connectivity index (χ1) is 44.7. The molecule has 92 heavy (non-hydrogen) atoms. The zero-order valence-corrected chi connectivity index (χ0v) is 53.5. The second-order valence-electron chi connectivity index (χ2n) is 24.8. The van der Waals surface area contributed by atoms with Gasteiger partial charge in [0.25, 0.3) is 0 Å². The molecule has 1 aliphatic rings. The standard InChI is InChI=1S/C38H26N2O.C24H24BNO2.C20H14BrNO/c1-25(41)39-35-17-5-4-16-33(35)34-24-29(20-21-38(34)39)27-11-8-10-26(22-27)28-12-9-13-30(23-28)40-36-18-6-2-14-31(36)32-15-3-7-19-37(32)40;1-23(2)24(3,4)28-25(27-23)17-10-9-11-18(16-17)26-21-14-7-5-12-19(21)20-13-6-8-15-22(20)26;1-13(23)22-19-8-3-2-7-17(19)18-12-15(9-10-20(18)22)14-5-4-6-16(21)11-14/h2-24H,1H3;5-16H,1-4H3;2-12H,1H3. The molecule has 10 heteroatoms. The second kappa shape index (κ2) is 23.2. The molecule has 16 aromatic rings. The highest BCUT2D eigenvalue weighted by atomic mass is 79.9. The minimum atomic E-state index is -0.363. The number of hydrogen-bond donors (Lipinski definition) is 0. The number of halogens is 1. The van der Waals surface area contributed by atoms with E-state index < -0.39 is 0 Å². The summed E-state index contributed by atoms with van der Waals surface area (Å²) in [5.74, 6) is 0.0560. The Hall–Kier alpha value is -10.4. The molecule has 0 aliphatic carbocycles. The molecule has 1 fully saturated rings. The summed E-state index contributed by atoms with van der Waals surface area (Å²) in [6.45, 7) is 11.6. The highest BCUT2D eigenvalue weighted by molar-refractivity contribution is 9.10. The molecule has 0 radical (unpaired) electrons. The summed E-state index contributed by atoms with van der Waals surface area (Å²) in [4.78, 5) is 24.6. The van der Waals surface area contributed by atoms with Crippen molar-refractivity contribution in [1.29, 1.82) is 0 Å². The lowest BCUT2D eigenvalue weighted by molar-refractivity contribution is 0.00578. The van der Waals surface area contributed by atoms with Gasteiger partial charge in [0.15, 0.2) is 0 Å². The molecule has 4 aromatic heterocycles. The van der Waals surface area contributed by atoms with Crippen molar-refractivity contribution < 1.29 is 18.9 Å². The van der Waals surface area contributed by atoms with Crippen molar-refractivity contribution in [2.24, 2.45) is 0 Å². The summed E-state index contributed by atoms with van der Waals surface area (Å²) < 4.78 is 21.9. The van der Waals surface area contributed by atoms with E-state index in [1.807, 2.05) is 59.2 Å². The molecule has 0 spiro atoms. The maximum atomic E-state index is 12.5. The molecule has 0 amide bonds. The SMILES string of the molecule is CC(=O)n1c2ccccc2c2cc(-c3cccc(-c4cccc(-n5c6ccccc6c6ccccc65)c4)c3)ccc21.CC(=O)n1c2ccccc2c2cc(-c3cccc(Br)c3)ccc21.CC1(C)OB(c2cccc(-n3c4ccccc4c4ccccc43)c2)OC1(C)C. The van der Waals surface area contributed by atoms with Gasteiger partial charge in [0.1, 0.15) is 0 Å². The molecule has 8 nitrogen and oxygen atoms in total. The quantitative estimate of drug-likeness (QED) is 0.156. The summed E-state index contributed by atoms with van der Waals surface area (Å²) in [6, 6.07) is 97.4. The Bertz CT molecular complexity index is 5490. The minimum absolute atomic E-state index is 0.0223. The second-order valence-corrected chi connectivity index (χ2v) is 25.7. The number of para-hydroxylation sites is 6. The minimum Gasteiger partial charge on any atom is -0.399 e. The average molecular weight is 1260 g/mol. The first-order valence-corrected chi connectivity index (χ1v) is 32.0. The van der Waals surface area contributed by atoms with Gasteiger partial charge in [0.05, 0.1) is 55.3 Å². The zero-order chi connectivity index (χ0) is 63.0. The number of benzene rings is 12. The summed E-state index contributed by atoms with van der Waals surface area (Å²) in [5.41, 5.74) is 18.1. The fourth-order valence-corrected chi connectivity index (χ4v) is 13.9. The highest BCUT2D eigenvalue weighted by Crippen LogP contribution is 2.40. The number of carbonyl (C=O) groups is 2. The first kappa shape index (κ1) is 58.0. The van der Waals surface area contributed by atoms with Crippen LogP contribution >= 0.6 is 15.9 Å². The molecule has 1 saturated heterocycles. The molecule has 0 saturated carbocycles. The fourth-order valence-electron chi connectivity index (χ4n) is 13.5. The van der Waals surface area contributed by atoms with E-state index in [0.29, 0.717) is 0 Å². The lowest BCUT2D eigenvalue weighted by atomic mass is 9.79. The largest absolute Gasteiger partial charge is 0.494 e. The molecular formula is C82H64BBrN4O4. The van der Waals surface area contributed by atoms with Crippen LogP contribution in [0.15, 0.2) is 284 Å². The lowest BCUT2D eigenvalue weighted by Gasteiger charge is -2.32.